The second-order valence-electron chi connectivity index (χ2n) is 5.22. The summed E-state index contributed by atoms with van der Waals surface area (Å²) in [6.07, 6.45) is 4.31. The molecule has 17 heavy (non-hydrogen) atoms. The van der Waals surface area contributed by atoms with Crippen molar-refractivity contribution in [2.24, 2.45) is 0 Å². The number of rotatable bonds is 6. The van der Waals surface area contributed by atoms with Gasteiger partial charge < -0.3 is 14.9 Å². The van der Waals surface area contributed by atoms with E-state index >= 15 is 0 Å². The maximum absolute atomic E-state index is 9.91. The molecular formula is C13H27NO3. The van der Waals surface area contributed by atoms with Crippen molar-refractivity contribution in [3.63, 3.8) is 0 Å². The molecule has 1 aliphatic heterocycles. The lowest BCUT2D eigenvalue weighted by Crippen LogP contribution is -2.43. The minimum Gasteiger partial charge on any atom is -0.395 e. The molecule has 0 aromatic carbocycles. The number of aliphatic hydroxyl groups is 2. The Morgan fingerprint density at radius 2 is 2.06 bits per heavy atom. The van der Waals surface area contributed by atoms with E-state index in [1.54, 1.807) is 0 Å². The number of aliphatic hydroxyl groups excluding tert-OH is 2. The number of β-amino-alcohol motifs (C(OH)–C–C–N with tert-alkyl or cyclic N) is 1. The molecule has 0 saturated carbocycles. The first-order valence-electron chi connectivity index (χ1n) is 6.78. The van der Waals surface area contributed by atoms with Crippen molar-refractivity contribution in [2.45, 2.75) is 57.8 Å². The summed E-state index contributed by atoms with van der Waals surface area (Å²) in [5.41, 5.74) is 0. The van der Waals surface area contributed by atoms with Crippen molar-refractivity contribution in [3.05, 3.63) is 0 Å². The maximum atomic E-state index is 9.91. The highest BCUT2D eigenvalue weighted by Crippen LogP contribution is 2.16. The van der Waals surface area contributed by atoms with E-state index in [-0.39, 0.29) is 18.8 Å². The van der Waals surface area contributed by atoms with Gasteiger partial charge in [-0.15, -0.1) is 0 Å². The zero-order valence-corrected chi connectivity index (χ0v) is 11.1. The van der Waals surface area contributed by atoms with Gasteiger partial charge in [0.2, 0.25) is 0 Å². The van der Waals surface area contributed by atoms with Crippen LogP contribution in [0.4, 0.5) is 0 Å². The van der Waals surface area contributed by atoms with Gasteiger partial charge in [0.1, 0.15) is 0 Å². The van der Waals surface area contributed by atoms with Gasteiger partial charge in [-0.05, 0) is 33.2 Å². The Kier molecular flexibility index (Phi) is 7.04. The van der Waals surface area contributed by atoms with E-state index in [1.165, 1.54) is 12.8 Å². The third-order valence-electron chi connectivity index (χ3n) is 3.28. The zero-order chi connectivity index (χ0) is 12.7. The van der Waals surface area contributed by atoms with Crippen LogP contribution >= 0.6 is 0 Å². The Bertz CT molecular complexity index is 199. The average molecular weight is 245 g/mol. The number of hydrogen-bond donors (Lipinski definition) is 2. The molecule has 2 unspecified atom stereocenters. The van der Waals surface area contributed by atoms with Crippen molar-refractivity contribution in [2.75, 3.05) is 26.3 Å². The van der Waals surface area contributed by atoms with E-state index < -0.39 is 6.10 Å². The topological polar surface area (TPSA) is 52.9 Å². The standard InChI is InChI=1S/C13H27NO3/c1-11(2)17-10-13(16)8-14-7-5-3-4-6-12(14)9-15/h11-13,15-16H,3-10H2,1-2H3. The molecule has 2 atom stereocenters. The van der Waals surface area contributed by atoms with Crippen LogP contribution in [0.3, 0.4) is 0 Å². The second-order valence-corrected chi connectivity index (χ2v) is 5.22. The Morgan fingerprint density at radius 3 is 2.71 bits per heavy atom. The average Bonchev–Trinajstić information content (AvgIpc) is 2.51. The Labute approximate surface area is 105 Å². The predicted octanol–water partition coefficient (Wildman–Crippen LogP) is 1.01. The van der Waals surface area contributed by atoms with Gasteiger partial charge in [-0.1, -0.05) is 12.8 Å². The minimum absolute atomic E-state index is 0.155. The molecule has 4 heteroatoms. The molecule has 0 spiro atoms. The number of nitrogens with zero attached hydrogens (tertiary/aromatic N) is 1. The Hall–Kier alpha value is -0.160. The summed E-state index contributed by atoms with van der Waals surface area (Å²) in [7, 11) is 0. The summed E-state index contributed by atoms with van der Waals surface area (Å²) in [5.74, 6) is 0. The molecule has 0 aromatic heterocycles. The summed E-state index contributed by atoms with van der Waals surface area (Å²) < 4.78 is 5.41. The Balaban J connectivity index is 2.35. The molecule has 1 fully saturated rings. The lowest BCUT2D eigenvalue weighted by atomic mass is 10.1. The van der Waals surface area contributed by atoms with Crippen LogP contribution in [0.1, 0.15) is 39.5 Å². The number of hydrogen-bond acceptors (Lipinski definition) is 4. The lowest BCUT2D eigenvalue weighted by Gasteiger charge is -2.30. The van der Waals surface area contributed by atoms with E-state index in [4.69, 9.17) is 4.74 Å². The summed E-state index contributed by atoms with van der Waals surface area (Å²) in [5, 5.41) is 19.3. The van der Waals surface area contributed by atoms with E-state index in [9.17, 15) is 10.2 Å². The van der Waals surface area contributed by atoms with Crippen LogP contribution in [-0.2, 0) is 4.74 Å². The number of ether oxygens (including phenoxy) is 1. The van der Waals surface area contributed by atoms with Crippen LogP contribution in [0.25, 0.3) is 0 Å². The van der Waals surface area contributed by atoms with Crippen LogP contribution in [0.2, 0.25) is 0 Å². The van der Waals surface area contributed by atoms with Gasteiger partial charge in [0, 0.05) is 12.6 Å². The predicted molar refractivity (Wildman–Crippen MR) is 68.0 cm³/mol. The fourth-order valence-electron chi connectivity index (χ4n) is 2.31. The zero-order valence-electron chi connectivity index (χ0n) is 11.1. The van der Waals surface area contributed by atoms with Crippen molar-refractivity contribution in [1.82, 2.24) is 4.90 Å². The molecule has 1 rings (SSSR count). The quantitative estimate of drug-likeness (QED) is 0.733. The highest BCUT2D eigenvalue weighted by molar-refractivity contribution is 4.77. The molecule has 0 amide bonds. The van der Waals surface area contributed by atoms with Gasteiger partial charge in [-0.25, -0.2) is 0 Å². The lowest BCUT2D eigenvalue weighted by molar-refractivity contribution is -0.0177. The van der Waals surface area contributed by atoms with Gasteiger partial charge >= 0.3 is 0 Å². The fourth-order valence-corrected chi connectivity index (χ4v) is 2.31. The molecule has 1 aliphatic rings. The molecule has 1 heterocycles. The molecule has 4 nitrogen and oxygen atoms in total. The first-order chi connectivity index (χ1) is 8.13. The van der Waals surface area contributed by atoms with Gasteiger partial charge in [-0.2, -0.15) is 0 Å². The molecule has 0 aliphatic carbocycles. The normalized spacial score (nSPS) is 24.9. The first-order valence-corrected chi connectivity index (χ1v) is 6.78. The third-order valence-corrected chi connectivity index (χ3v) is 3.28. The highest BCUT2D eigenvalue weighted by Gasteiger charge is 2.22. The van der Waals surface area contributed by atoms with Crippen LogP contribution < -0.4 is 0 Å². The van der Waals surface area contributed by atoms with Gasteiger partial charge in [-0.3, -0.25) is 4.90 Å². The fraction of sp³-hybridized carbons (Fsp3) is 1.00. The minimum atomic E-state index is -0.454. The van der Waals surface area contributed by atoms with E-state index in [2.05, 4.69) is 4.90 Å². The second kappa shape index (κ2) is 8.03. The monoisotopic (exact) mass is 245 g/mol. The third kappa shape index (κ3) is 5.82. The van der Waals surface area contributed by atoms with Crippen LogP contribution in [0.5, 0.6) is 0 Å². The molecular weight excluding hydrogens is 218 g/mol. The molecule has 1 saturated heterocycles. The summed E-state index contributed by atoms with van der Waals surface area (Å²) >= 11 is 0. The molecule has 0 bridgehead atoms. The van der Waals surface area contributed by atoms with E-state index in [0.29, 0.717) is 13.2 Å². The molecule has 0 radical (unpaired) electrons. The van der Waals surface area contributed by atoms with Crippen molar-refractivity contribution >= 4 is 0 Å². The van der Waals surface area contributed by atoms with Crippen LogP contribution in [0, 0.1) is 0 Å². The van der Waals surface area contributed by atoms with Crippen molar-refractivity contribution < 1.29 is 14.9 Å². The van der Waals surface area contributed by atoms with Crippen molar-refractivity contribution in [1.29, 1.82) is 0 Å². The van der Waals surface area contributed by atoms with Gasteiger partial charge in [0.15, 0.2) is 0 Å². The number of likely N-dealkylation sites (tertiary alicyclic amines) is 1. The maximum Gasteiger partial charge on any atom is 0.0900 e. The molecule has 0 aromatic rings. The van der Waals surface area contributed by atoms with E-state index in [0.717, 1.165) is 19.4 Å². The summed E-state index contributed by atoms with van der Waals surface area (Å²) in [4.78, 5) is 2.21. The highest BCUT2D eigenvalue weighted by atomic mass is 16.5. The first kappa shape index (κ1) is 14.9. The summed E-state index contributed by atoms with van der Waals surface area (Å²) in [6, 6.07) is 0.214. The largest absolute Gasteiger partial charge is 0.395 e. The van der Waals surface area contributed by atoms with Crippen molar-refractivity contribution in [3.8, 4) is 0 Å². The van der Waals surface area contributed by atoms with E-state index in [1.807, 2.05) is 13.8 Å². The Morgan fingerprint density at radius 1 is 1.29 bits per heavy atom. The summed E-state index contributed by atoms with van der Waals surface area (Å²) in [6.45, 7) is 6.09. The smallest absolute Gasteiger partial charge is 0.0900 e. The van der Waals surface area contributed by atoms with Gasteiger partial charge in [0.25, 0.3) is 0 Å². The molecule has 2 N–H and O–H groups in total. The van der Waals surface area contributed by atoms with Crippen LogP contribution in [-0.4, -0.2) is 59.7 Å². The molecule has 102 valence electrons. The van der Waals surface area contributed by atoms with Gasteiger partial charge in [0.05, 0.1) is 25.4 Å². The van der Waals surface area contributed by atoms with Crippen LogP contribution in [0.15, 0.2) is 0 Å². The SMILES string of the molecule is CC(C)OCC(O)CN1CCCCCC1CO.